The van der Waals surface area contributed by atoms with Gasteiger partial charge in [-0.3, -0.25) is 4.18 Å². The minimum atomic E-state index is -3.96. The van der Waals surface area contributed by atoms with Gasteiger partial charge in [-0.25, -0.2) is 4.39 Å². The van der Waals surface area contributed by atoms with Crippen molar-refractivity contribution in [2.75, 3.05) is 13.7 Å². The highest BCUT2D eigenvalue weighted by atomic mass is 32.2. The van der Waals surface area contributed by atoms with Crippen LogP contribution in [0.25, 0.3) is 0 Å². The van der Waals surface area contributed by atoms with Crippen LogP contribution in [-0.4, -0.2) is 22.1 Å². The molecule has 96 valence electrons. The van der Waals surface area contributed by atoms with Crippen LogP contribution in [0, 0.1) is 5.82 Å². The fourth-order valence-electron chi connectivity index (χ4n) is 1.22. The van der Waals surface area contributed by atoms with Crippen molar-refractivity contribution in [2.45, 2.75) is 24.7 Å². The minimum Gasteiger partial charge on any atom is -0.495 e. The van der Waals surface area contributed by atoms with E-state index in [9.17, 15) is 12.8 Å². The molecule has 0 amide bonds. The maximum Gasteiger partial charge on any atom is 0.300 e. The Balaban J connectivity index is 3.00. The van der Waals surface area contributed by atoms with Crippen LogP contribution < -0.4 is 4.74 Å². The van der Waals surface area contributed by atoms with Gasteiger partial charge < -0.3 is 4.74 Å². The van der Waals surface area contributed by atoms with Gasteiger partial charge in [-0.1, -0.05) is 13.3 Å². The van der Waals surface area contributed by atoms with Gasteiger partial charge >= 0.3 is 10.1 Å². The van der Waals surface area contributed by atoms with E-state index in [0.29, 0.717) is 6.42 Å². The number of hydrogen-bond donors (Lipinski definition) is 0. The lowest BCUT2D eigenvalue weighted by atomic mass is 10.3. The number of benzene rings is 1. The fourth-order valence-corrected chi connectivity index (χ4v) is 2.34. The van der Waals surface area contributed by atoms with Crippen molar-refractivity contribution in [3.8, 4) is 5.75 Å². The van der Waals surface area contributed by atoms with Crippen LogP contribution in [0.5, 0.6) is 5.75 Å². The van der Waals surface area contributed by atoms with E-state index in [1.807, 2.05) is 6.92 Å². The van der Waals surface area contributed by atoms with E-state index in [-0.39, 0.29) is 17.3 Å². The Morgan fingerprint density at radius 1 is 1.35 bits per heavy atom. The van der Waals surface area contributed by atoms with Crippen molar-refractivity contribution in [1.29, 1.82) is 0 Å². The van der Waals surface area contributed by atoms with Crippen LogP contribution in [0.2, 0.25) is 0 Å². The van der Waals surface area contributed by atoms with Gasteiger partial charge in [0.2, 0.25) is 0 Å². The van der Waals surface area contributed by atoms with E-state index in [2.05, 4.69) is 0 Å². The first-order valence-electron chi connectivity index (χ1n) is 5.24. The molecule has 0 aliphatic rings. The summed E-state index contributed by atoms with van der Waals surface area (Å²) in [5, 5.41) is 0. The topological polar surface area (TPSA) is 52.6 Å². The largest absolute Gasteiger partial charge is 0.495 e. The number of ether oxygens (including phenoxy) is 1. The zero-order valence-corrected chi connectivity index (χ0v) is 10.6. The van der Waals surface area contributed by atoms with Gasteiger partial charge in [0.25, 0.3) is 0 Å². The molecule has 0 spiro atoms. The summed E-state index contributed by atoms with van der Waals surface area (Å²) in [5.41, 5.74) is 0. The summed E-state index contributed by atoms with van der Waals surface area (Å²) in [4.78, 5) is -0.281. The third-order valence-electron chi connectivity index (χ3n) is 2.13. The molecule has 4 nitrogen and oxygen atoms in total. The molecule has 0 saturated carbocycles. The maximum absolute atomic E-state index is 13.0. The van der Waals surface area contributed by atoms with Crippen LogP contribution in [0.3, 0.4) is 0 Å². The average Bonchev–Trinajstić information content (AvgIpc) is 2.29. The molecule has 0 atom stereocenters. The molecule has 0 N–H and O–H groups in total. The van der Waals surface area contributed by atoms with Crippen LogP contribution in [-0.2, 0) is 14.3 Å². The van der Waals surface area contributed by atoms with Gasteiger partial charge in [0, 0.05) is 0 Å². The second-order valence-corrected chi connectivity index (χ2v) is 5.01. The summed E-state index contributed by atoms with van der Waals surface area (Å²) < 4.78 is 46.2. The molecule has 0 saturated heterocycles. The zero-order chi connectivity index (χ0) is 12.9. The number of halogens is 1. The number of rotatable bonds is 6. The molecule has 0 aliphatic heterocycles. The van der Waals surface area contributed by atoms with Crippen LogP contribution in [0.15, 0.2) is 23.1 Å². The lowest BCUT2D eigenvalue weighted by Crippen LogP contribution is -2.09. The summed E-state index contributed by atoms with van der Waals surface area (Å²) in [5.74, 6) is -0.577. The standard InChI is InChI=1S/C11H15FO4S/c1-3-4-7-16-17(13,14)11-8-9(12)5-6-10(11)15-2/h5-6,8H,3-4,7H2,1-2H3. The van der Waals surface area contributed by atoms with Crippen molar-refractivity contribution < 1.29 is 21.7 Å². The molecule has 0 radical (unpaired) electrons. The van der Waals surface area contributed by atoms with Crippen molar-refractivity contribution >= 4 is 10.1 Å². The maximum atomic E-state index is 13.0. The van der Waals surface area contributed by atoms with Crippen LogP contribution in [0.1, 0.15) is 19.8 Å². The molecule has 0 aromatic heterocycles. The van der Waals surface area contributed by atoms with Gasteiger partial charge in [-0.15, -0.1) is 0 Å². The van der Waals surface area contributed by atoms with E-state index in [1.165, 1.54) is 13.2 Å². The summed E-state index contributed by atoms with van der Waals surface area (Å²) in [6, 6.07) is 3.27. The summed E-state index contributed by atoms with van der Waals surface area (Å²) in [6.07, 6.45) is 1.44. The summed E-state index contributed by atoms with van der Waals surface area (Å²) >= 11 is 0. The monoisotopic (exact) mass is 262 g/mol. The van der Waals surface area contributed by atoms with E-state index >= 15 is 0 Å². The fraction of sp³-hybridized carbons (Fsp3) is 0.455. The first-order chi connectivity index (χ1) is 8.01. The lowest BCUT2D eigenvalue weighted by molar-refractivity contribution is 0.307. The van der Waals surface area contributed by atoms with Crippen molar-refractivity contribution in [3.63, 3.8) is 0 Å². The Labute approximate surface area is 100 Å². The smallest absolute Gasteiger partial charge is 0.300 e. The molecule has 0 aliphatic carbocycles. The third-order valence-corrected chi connectivity index (χ3v) is 3.47. The molecule has 0 fully saturated rings. The predicted octanol–water partition coefficient (Wildman–Crippen LogP) is 2.34. The van der Waals surface area contributed by atoms with E-state index in [4.69, 9.17) is 8.92 Å². The lowest BCUT2D eigenvalue weighted by Gasteiger charge is -2.09. The first-order valence-corrected chi connectivity index (χ1v) is 6.65. The highest BCUT2D eigenvalue weighted by molar-refractivity contribution is 7.86. The van der Waals surface area contributed by atoms with Gasteiger partial charge in [-0.2, -0.15) is 8.42 Å². The quantitative estimate of drug-likeness (QED) is 0.583. The summed E-state index contributed by atoms with van der Waals surface area (Å²) in [6.45, 7) is 2.00. The SMILES string of the molecule is CCCCOS(=O)(=O)c1cc(F)ccc1OC. The second-order valence-electron chi connectivity index (χ2n) is 3.42. The van der Waals surface area contributed by atoms with Crippen molar-refractivity contribution in [3.05, 3.63) is 24.0 Å². The number of hydrogen-bond acceptors (Lipinski definition) is 4. The number of methoxy groups -OCH3 is 1. The van der Waals surface area contributed by atoms with E-state index in [1.54, 1.807) is 0 Å². The Morgan fingerprint density at radius 2 is 2.06 bits per heavy atom. The molecular formula is C11H15FO4S. The van der Waals surface area contributed by atoms with Gasteiger partial charge in [0.05, 0.1) is 13.7 Å². The highest BCUT2D eigenvalue weighted by Gasteiger charge is 2.21. The molecule has 1 aromatic carbocycles. The molecule has 17 heavy (non-hydrogen) atoms. The Kier molecular flexibility index (Phi) is 4.89. The van der Waals surface area contributed by atoms with Gasteiger partial charge in [-0.05, 0) is 24.6 Å². The highest BCUT2D eigenvalue weighted by Crippen LogP contribution is 2.26. The molecule has 0 unspecified atom stereocenters. The van der Waals surface area contributed by atoms with Crippen molar-refractivity contribution in [2.24, 2.45) is 0 Å². The molecule has 1 rings (SSSR count). The minimum absolute atomic E-state index is 0.0721. The Morgan fingerprint density at radius 3 is 2.65 bits per heavy atom. The second kappa shape index (κ2) is 5.97. The first kappa shape index (κ1) is 13.9. The normalized spacial score (nSPS) is 11.5. The molecular weight excluding hydrogens is 247 g/mol. The van der Waals surface area contributed by atoms with E-state index in [0.717, 1.165) is 18.6 Å². The van der Waals surface area contributed by atoms with E-state index < -0.39 is 15.9 Å². The molecule has 6 heteroatoms. The van der Waals surface area contributed by atoms with Gasteiger partial charge in [0.15, 0.2) is 0 Å². The van der Waals surface area contributed by atoms with Crippen molar-refractivity contribution in [1.82, 2.24) is 0 Å². The predicted molar refractivity (Wildman–Crippen MR) is 61.0 cm³/mol. The van der Waals surface area contributed by atoms with Gasteiger partial charge in [0.1, 0.15) is 16.5 Å². The van der Waals surface area contributed by atoms with Crippen LogP contribution in [0.4, 0.5) is 4.39 Å². The van der Waals surface area contributed by atoms with Crippen LogP contribution >= 0.6 is 0 Å². The number of unbranched alkanes of at least 4 members (excludes halogenated alkanes) is 1. The molecule has 1 aromatic rings. The Bertz CT molecular complexity index is 470. The molecule has 0 heterocycles. The summed E-state index contributed by atoms with van der Waals surface area (Å²) in [7, 11) is -2.65. The Hall–Kier alpha value is -1.14. The third kappa shape index (κ3) is 3.67. The average molecular weight is 262 g/mol. The molecule has 0 bridgehead atoms. The zero-order valence-electron chi connectivity index (χ0n) is 9.77.